The van der Waals surface area contributed by atoms with Gasteiger partial charge < -0.3 is 11.1 Å². The predicted molar refractivity (Wildman–Crippen MR) is 76.9 cm³/mol. The zero-order valence-electron chi connectivity index (χ0n) is 9.91. The van der Waals surface area contributed by atoms with Crippen molar-refractivity contribution in [3.8, 4) is 0 Å². The molecule has 1 aromatic carbocycles. The summed E-state index contributed by atoms with van der Waals surface area (Å²) in [5.41, 5.74) is 5.84. The highest BCUT2D eigenvalue weighted by molar-refractivity contribution is 7.80. The van der Waals surface area contributed by atoms with E-state index in [9.17, 15) is 4.79 Å². The van der Waals surface area contributed by atoms with Crippen LogP contribution in [0.3, 0.4) is 0 Å². The summed E-state index contributed by atoms with van der Waals surface area (Å²) in [6.45, 7) is 0. The summed E-state index contributed by atoms with van der Waals surface area (Å²) in [6.07, 6.45) is 3.72. The molecule has 0 unspecified atom stereocenters. The van der Waals surface area contributed by atoms with E-state index in [2.05, 4.69) is 5.32 Å². The van der Waals surface area contributed by atoms with E-state index in [1.54, 1.807) is 24.3 Å². The Hall–Kier alpha value is -1.13. The van der Waals surface area contributed by atoms with Crippen LogP contribution >= 0.6 is 23.8 Å². The number of rotatable bonds is 3. The Bertz CT molecular complexity index is 466. The number of halogens is 1. The average molecular weight is 283 g/mol. The molecule has 5 heteroatoms. The molecular weight excluding hydrogens is 268 g/mol. The van der Waals surface area contributed by atoms with Gasteiger partial charge in [-0.2, -0.15) is 0 Å². The Balaban J connectivity index is 2.15. The molecule has 18 heavy (non-hydrogen) atoms. The predicted octanol–water partition coefficient (Wildman–Crippen LogP) is 2.67. The third-order valence-electron chi connectivity index (χ3n) is 3.39. The fourth-order valence-corrected chi connectivity index (χ4v) is 2.68. The maximum absolute atomic E-state index is 12.2. The lowest BCUT2D eigenvalue weighted by molar-refractivity contribution is 0.0924. The molecule has 0 aromatic heterocycles. The van der Waals surface area contributed by atoms with Crippen LogP contribution < -0.4 is 11.1 Å². The molecule has 1 amide bonds. The third-order valence-corrected chi connectivity index (χ3v) is 4.03. The van der Waals surface area contributed by atoms with Gasteiger partial charge in [0.1, 0.15) is 0 Å². The van der Waals surface area contributed by atoms with Crippen molar-refractivity contribution >= 4 is 34.7 Å². The van der Waals surface area contributed by atoms with E-state index in [-0.39, 0.29) is 5.91 Å². The molecule has 1 aromatic rings. The highest BCUT2D eigenvalue weighted by Crippen LogP contribution is 2.30. The lowest BCUT2D eigenvalue weighted by Gasteiger charge is -2.29. The second kappa shape index (κ2) is 5.24. The van der Waals surface area contributed by atoms with Gasteiger partial charge in [-0.3, -0.25) is 4.79 Å². The van der Waals surface area contributed by atoms with E-state index in [1.807, 2.05) is 0 Å². The molecule has 0 bridgehead atoms. The van der Waals surface area contributed by atoms with Gasteiger partial charge in [0.05, 0.1) is 10.5 Å². The molecule has 0 saturated heterocycles. The maximum Gasteiger partial charge on any atom is 0.252 e. The van der Waals surface area contributed by atoms with E-state index in [0.29, 0.717) is 15.6 Å². The van der Waals surface area contributed by atoms with Gasteiger partial charge in [-0.15, -0.1) is 0 Å². The number of benzene rings is 1. The molecule has 1 aliphatic rings. The Morgan fingerprint density at radius 1 is 1.28 bits per heavy atom. The van der Waals surface area contributed by atoms with Gasteiger partial charge in [-0.05, 0) is 37.1 Å². The molecule has 0 heterocycles. The first-order valence-electron chi connectivity index (χ1n) is 5.91. The molecule has 1 fully saturated rings. The first-order valence-corrected chi connectivity index (χ1v) is 6.70. The Morgan fingerprint density at radius 3 is 2.33 bits per heavy atom. The van der Waals surface area contributed by atoms with Crippen LogP contribution in [0.15, 0.2) is 24.3 Å². The zero-order chi connectivity index (χ0) is 13.2. The Morgan fingerprint density at radius 2 is 1.83 bits per heavy atom. The first kappa shape index (κ1) is 13.3. The molecule has 96 valence electrons. The number of hydrogen-bond donors (Lipinski definition) is 2. The molecule has 2 rings (SSSR count). The topological polar surface area (TPSA) is 55.1 Å². The Kier molecular flexibility index (Phi) is 3.88. The van der Waals surface area contributed by atoms with Crippen molar-refractivity contribution in [3.63, 3.8) is 0 Å². The minimum Gasteiger partial charge on any atom is -0.391 e. The van der Waals surface area contributed by atoms with Crippen molar-refractivity contribution in [2.75, 3.05) is 0 Å². The minimum absolute atomic E-state index is 0.152. The van der Waals surface area contributed by atoms with Crippen LogP contribution in [0.1, 0.15) is 36.0 Å². The highest BCUT2D eigenvalue weighted by atomic mass is 35.5. The molecule has 3 N–H and O–H groups in total. The summed E-state index contributed by atoms with van der Waals surface area (Å²) < 4.78 is 0. The second-order valence-electron chi connectivity index (χ2n) is 4.61. The standard InChI is InChI=1S/C13H15ClN2OS/c14-10-5-3-9(4-6-10)11(17)16-13(12(15)18)7-1-2-8-13/h3-6H,1-2,7-8H2,(H2,15,18)(H,16,17). The number of amides is 1. The number of carbonyl (C=O) groups is 1. The van der Waals surface area contributed by atoms with Crippen LogP contribution in [0.2, 0.25) is 5.02 Å². The van der Waals surface area contributed by atoms with Gasteiger partial charge in [0.15, 0.2) is 0 Å². The SMILES string of the molecule is NC(=S)C1(NC(=O)c2ccc(Cl)cc2)CCCC1. The summed E-state index contributed by atoms with van der Waals surface area (Å²) in [7, 11) is 0. The van der Waals surface area contributed by atoms with Crippen LogP contribution in [0.25, 0.3) is 0 Å². The average Bonchev–Trinajstić information content (AvgIpc) is 2.79. The van der Waals surface area contributed by atoms with E-state index >= 15 is 0 Å². The summed E-state index contributed by atoms with van der Waals surface area (Å²) >= 11 is 10.9. The van der Waals surface area contributed by atoms with Crippen molar-refractivity contribution in [2.45, 2.75) is 31.2 Å². The van der Waals surface area contributed by atoms with Gasteiger partial charge in [0.2, 0.25) is 0 Å². The maximum atomic E-state index is 12.2. The van der Waals surface area contributed by atoms with Crippen LogP contribution in [-0.2, 0) is 0 Å². The quantitative estimate of drug-likeness (QED) is 0.838. The van der Waals surface area contributed by atoms with Gasteiger partial charge in [-0.1, -0.05) is 36.7 Å². The van der Waals surface area contributed by atoms with Crippen LogP contribution in [0.5, 0.6) is 0 Å². The molecule has 0 aliphatic heterocycles. The van der Waals surface area contributed by atoms with Crippen LogP contribution in [-0.4, -0.2) is 16.4 Å². The van der Waals surface area contributed by atoms with Gasteiger partial charge >= 0.3 is 0 Å². The van der Waals surface area contributed by atoms with Crippen molar-refractivity contribution in [2.24, 2.45) is 5.73 Å². The first-order chi connectivity index (χ1) is 8.53. The third kappa shape index (κ3) is 2.65. The van der Waals surface area contributed by atoms with E-state index < -0.39 is 5.54 Å². The van der Waals surface area contributed by atoms with Crippen LogP contribution in [0, 0.1) is 0 Å². The molecule has 1 saturated carbocycles. The van der Waals surface area contributed by atoms with Gasteiger partial charge in [0.25, 0.3) is 5.91 Å². The zero-order valence-corrected chi connectivity index (χ0v) is 11.5. The number of nitrogens with two attached hydrogens (primary N) is 1. The van der Waals surface area contributed by atoms with Crippen LogP contribution in [0.4, 0.5) is 0 Å². The number of carbonyl (C=O) groups excluding carboxylic acids is 1. The van der Waals surface area contributed by atoms with Crippen molar-refractivity contribution in [1.82, 2.24) is 5.32 Å². The number of nitrogens with one attached hydrogen (secondary N) is 1. The summed E-state index contributed by atoms with van der Waals surface area (Å²) in [6, 6.07) is 6.77. The number of thiocarbonyl (C=S) groups is 1. The van der Waals surface area contributed by atoms with Crippen molar-refractivity contribution in [1.29, 1.82) is 0 Å². The van der Waals surface area contributed by atoms with Gasteiger partial charge in [-0.25, -0.2) is 0 Å². The molecule has 0 atom stereocenters. The lowest BCUT2D eigenvalue weighted by Crippen LogP contribution is -2.54. The molecule has 0 radical (unpaired) electrons. The molecular formula is C13H15ClN2OS. The molecule has 1 aliphatic carbocycles. The fraction of sp³-hybridized carbons (Fsp3) is 0.385. The van der Waals surface area contributed by atoms with E-state index in [4.69, 9.17) is 29.6 Å². The minimum atomic E-state index is -0.508. The van der Waals surface area contributed by atoms with E-state index in [0.717, 1.165) is 25.7 Å². The normalized spacial score (nSPS) is 17.4. The second-order valence-corrected chi connectivity index (χ2v) is 5.49. The Labute approximate surface area is 117 Å². The van der Waals surface area contributed by atoms with Crippen molar-refractivity contribution < 1.29 is 4.79 Å². The smallest absolute Gasteiger partial charge is 0.252 e. The highest BCUT2D eigenvalue weighted by Gasteiger charge is 2.38. The lowest BCUT2D eigenvalue weighted by atomic mass is 9.97. The molecule has 3 nitrogen and oxygen atoms in total. The number of hydrogen-bond acceptors (Lipinski definition) is 2. The molecule has 0 spiro atoms. The van der Waals surface area contributed by atoms with Crippen molar-refractivity contribution in [3.05, 3.63) is 34.9 Å². The van der Waals surface area contributed by atoms with E-state index in [1.165, 1.54) is 0 Å². The monoisotopic (exact) mass is 282 g/mol. The van der Waals surface area contributed by atoms with Gasteiger partial charge in [0, 0.05) is 10.6 Å². The summed E-state index contributed by atoms with van der Waals surface area (Å²) in [5.74, 6) is -0.152. The fourth-order valence-electron chi connectivity index (χ4n) is 2.30. The summed E-state index contributed by atoms with van der Waals surface area (Å²) in [4.78, 5) is 12.5. The summed E-state index contributed by atoms with van der Waals surface area (Å²) in [5, 5.41) is 3.59. The largest absolute Gasteiger partial charge is 0.391 e.